The molecule has 3 aromatic rings. The zero-order valence-corrected chi connectivity index (χ0v) is 29.4. The zero-order valence-electron chi connectivity index (χ0n) is 28.7. The quantitative estimate of drug-likeness (QED) is 0.269. The van der Waals surface area contributed by atoms with Crippen molar-refractivity contribution in [3.63, 3.8) is 0 Å². The van der Waals surface area contributed by atoms with E-state index >= 15 is 4.39 Å². The van der Waals surface area contributed by atoms with Crippen molar-refractivity contribution in [3.8, 4) is 0 Å². The van der Waals surface area contributed by atoms with E-state index < -0.39 is 40.8 Å². The van der Waals surface area contributed by atoms with Crippen LogP contribution < -0.4 is 20.4 Å². The molecule has 3 N–H and O–H groups in total. The lowest BCUT2D eigenvalue weighted by atomic mass is 9.97. The smallest absolute Gasteiger partial charge is 0.425 e. The first-order valence-electron chi connectivity index (χ1n) is 15.9. The highest BCUT2D eigenvalue weighted by atomic mass is 35.5. The van der Waals surface area contributed by atoms with Gasteiger partial charge in [-0.2, -0.15) is 4.90 Å². The average Bonchev–Trinajstić information content (AvgIpc) is 3.55. The second-order valence-electron chi connectivity index (χ2n) is 14.3. The number of hydrogen-bond acceptors (Lipinski definition) is 10. The number of nitrogens with zero attached hydrogens (tertiary/aromatic N) is 6. The molecule has 3 heterocycles. The van der Waals surface area contributed by atoms with Gasteiger partial charge >= 0.3 is 18.3 Å². The molecule has 17 heteroatoms. The molecule has 0 spiro atoms. The second-order valence-corrected chi connectivity index (χ2v) is 14.7. The minimum absolute atomic E-state index is 0.0107. The van der Waals surface area contributed by atoms with Gasteiger partial charge in [0.25, 0.3) is 0 Å². The fourth-order valence-corrected chi connectivity index (χ4v) is 5.83. The Labute approximate surface area is 292 Å². The zero-order chi connectivity index (χ0) is 36.8. The van der Waals surface area contributed by atoms with Gasteiger partial charge in [0.05, 0.1) is 24.4 Å². The van der Waals surface area contributed by atoms with Crippen LogP contribution in [0, 0.1) is 5.82 Å². The van der Waals surface area contributed by atoms with Crippen molar-refractivity contribution >= 4 is 64.5 Å². The van der Waals surface area contributed by atoms with Gasteiger partial charge in [-0.25, -0.2) is 33.7 Å². The third-order valence-corrected chi connectivity index (χ3v) is 8.21. The summed E-state index contributed by atoms with van der Waals surface area (Å²) in [6.45, 7) is 13.9. The van der Waals surface area contributed by atoms with Crippen molar-refractivity contribution in [2.75, 3.05) is 22.9 Å². The van der Waals surface area contributed by atoms with Crippen molar-refractivity contribution in [1.82, 2.24) is 30.2 Å². The minimum atomic E-state index is -1.65. The Morgan fingerprint density at radius 1 is 1.14 bits per heavy atom. The molecule has 2 fully saturated rings. The molecule has 5 rings (SSSR count). The van der Waals surface area contributed by atoms with Crippen molar-refractivity contribution in [3.05, 3.63) is 47.3 Å². The van der Waals surface area contributed by atoms with Gasteiger partial charge in [0.15, 0.2) is 17.0 Å². The van der Waals surface area contributed by atoms with Crippen molar-refractivity contribution in [2.45, 2.75) is 90.1 Å². The number of carboxylic acid groups (broad SMARTS) is 1. The van der Waals surface area contributed by atoms with Crippen LogP contribution in [-0.2, 0) is 20.8 Å². The number of imidazole rings is 1. The molecule has 2 aliphatic rings. The number of nitrogens with one attached hydrogen (secondary N) is 2. The molecule has 1 aliphatic carbocycles. The third-order valence-electron chi connectivity index (χ3n) is 7.93. The Bertz CT molecular complexity index is 1870. The number of carbonyl (C=O) groups excluding carboxylic acids is 3. The monoisotopic (exact) mass is 714 g/mol. The van der Waals surface area contributed by atoms with E-state index in [1.54, 1.807) is 41.5 Å². The van der Waals surface area contributed by atoms with Gasteiger partial charge in [0.1, 0.15) is 28.9 Å². The van der Waals surface area contributed by atoms with E-state index in [9.17, 15) is 24.3 Å². The Morgan fingerprint density at radius 3 is 2.42 bits per heavy atom. The maximum atomic E-state index is 15.6. The van der Waals surface area contributed by atoms with Gasteiger partial charge in [0.2, 0.25) is 5.91 Å². The van der Waals surface area contributed by atoms with Gasteiger partial charge in [-0.15, -0.1) is 0 Å². The van der Waals surface area contributed by atoms with E-state index in [2.05, 4.69) is 32.2 Å². The van der Waals surface area contributed by atoms with Crippen LogP contribution in [0.5, 0.6) is 0 Å². The first-order valence-corrected chi connectivity index (χ1v) is 16.3. The lowest BCUT2D eigenvalue weighted by Crippen LogP contribution is -2.61. The number of halogens is 2. The second kappa shape index (κ2) is 13.4. The largest absolute Gasteiger partial charge is 0.464 e. The van der Waals surface area contributed by atoms with E-state index in [4.69, 9.17) is 21.1 Å². The van der Waals surface area contributed by atoms with Crippen LogP contribution in [0.15, 0.2) is 25.3 Å². The maximum absolute atomic E-state index is 15.6. The molecule has 4 amide bonds. The highest BCUT2D eigenvalue weighted by Crippen LogP contribution is 2.38. The number of carbonyl (C=O) groups is 4. The van der Waals surface area contributed by atoms with Gasteiger partial charge in [-0.1, -0.05) is 24.3 Å². The number of hydrogen-bond donors (Lipinski definition) is 3. The van der Waals surface area contributed by atoms with E-state index in [-0.39, 0.29) is 65.6 Å². The van der Waals surface area contributed by atoms with Crippen molar-refractivity contribution in [1.29, 1.82) is 0 Å². The molecular weight excluding hydrogens is 675 g/mol. The average molecular weight is 715 g/mol. The van der Waals surface area contributed by atoms with Crippen LogP contribution in [0.25, 0.3) is 17.2 Å². The summed E-state index contributed by atoms with van der Waals surface area (Å²) in [6.07, 6.45) is 2.05. The van der Waals surface area contributed by atoms with Crippen molar-refractivity contribution < 1.29 is 38.1 Å². The van der Waals surface area contributed by atoms with Gasteiger partial charge < -0.3 is 34.7 Å². The first kappa shape index (κ1) is 36.3. The fourth-order valence-electron chi connectivity index (χ4n) is 5.62. The van der Waals surface area contributed by atoms with Crippen molar-refractivity contribution in [2.24, 2.45) is 0 Å². The van der Waals surface area contributed by atoms with Crippen LogP contribution in [-0.4, -0.2) is 84.7 Å². The Hall–Kier alpha value is -4.99. The Morgan fingerprint density at radius 2 is 1.82 bits per heavy atom. The van der Waals surface area contributed by atoms with Crippen LogP contribution in [0.3, 0.4) is 0 Å². The number of rotatable bonds is 8. The molecule has 0 radical (unpaired) electrons. The van der Waals surface area contributed by atoms with Crippen LogP contribution in [0.1, 0.15) is 71.9 Å². The molecule has 1 saturated carbocycles. The van der Waals surface area contributed by atoms with Crippen LogP contribution in [0.4, 0.5) is 30.3 Å². The standard InChI is InChI=1S/C33H40ClFN8O7/c1-8-19-20(14-42-17-38-24-25(42)36-16-37-26(24)43(29(46)47)30(48)50-32(5,6)7)22(13-21(34)23(19)35)41-12-11-33(15-41,27(44)39-18-9-10-18)40-28(45)49-31(2,3)4/h8,13,16-18H,1,9-12,14-15H2,2-7H3,(H,39,44)(H,40,45)(H,46,47). The summed E-state index contributed by atoms with van der Waals surface area (Å²) in [5, 5.41) is 15.5. The number of alkyl carbamates (subject to hydrolysis) is 1. The summed E-state index contributed by atoms with van der Waals surface area (Å²) >= 11 is 6.39. The lowest BCUT2D eigenvalue weighted by molar-refractivity contribution is -0.127. The molecular formula is C33H40ClFN8O7. The molecule has 0 bridgehead atoms. The highest BCUT2D eigenvalue weighted by molar-refractivity contribution is 6.31. The maximum Gasteiger partial charge on any atom is 0.425 e. The number of fused-ring (bicyclic) bond motifs is 1. The van der Waals surface area contributed by atoms with Crippen LogP contribution >= 0.6 is 11.6 Å². The third kappa shape index (κ3) is 7.74. The molecule has 15 nitrogen and oxygen atoms in total. The molecule has 1 unspecified atom stereocenters. The number of aromatic nitrogens is 4. The molecule has 1 aromatic carbocycles. The molecule has 2 aromatic heterocycles. The molecule has 1 atom stereocenters. The summed E-state index contributed by atoms with van der Waals surface area (Å²) in [5.74, 6) is -1.42. The number of amides is 4. The summed E-state index contributed by atoms with van der Waals surface area (Å²) in [4.78, 5) is 66.5. The summed E-state index contributed by atoms with van der Waals surface area (Å²) in [5.41, 5.74) is -2.16. The molecule has 268 valence electrons. The SMILES string of the molecule is C=Cc1c(F)c(Cl)cc(N2CCC(NC(=O)OC(C)(C)C)(C(=O)NC3CC3)C2)c1Cn1cnc2c(N(C(=O)O)C(=O)OC(C)(C)C)ncnc21. The van der Waals surface area contributed by atoms with E-state index in [0.29, 0.717) is 16.2 Å². The van der Waals surface area contributed by atoms with Gasteiger partial charge in [-0.05, 0) is 66.9 Å². The van der Waals surface area contributed by atoms with E-state index in [1.807, 2.05) is 4.90 Å². The lowest BCUT2D eigenvalue weighted by Gasteiger charge is -2.32. The van der Waals surface area contributed by atoms with Crippen LogP contribution in [0.2, 0.25) is 5.02 Å². The molecule has 1 aliphatic heterocycles. The van der Waals surface area contributed by atoms with E-state index in [0.717, 1.165) is 19.2 Å². The summed E-state index contributed by atoms with van der Waals surface area (Å²) in [6, 6.07) is 1.46. The number of imide groups is 1. The Kier molecular flexibility index (Phi) is 9.71. The highest BCUT2D eigenvalue weighted by Gasteiger charge is 2.48. The Balaban J connectivity index is 1.54. The topological polar surface area (TPSA) is 181 Å². The fraction of sp³-hybridized carbons (Fsp3) is 0.485. The summed E-state index contributed by atoms with van der Waals surface area (Å²) in [7, 11) is 0. The summed E-state index contributed by atoms with van der Waals surface area (Å²) < 4.78 is 27.9. The normalized spacial score (nSPS) is 17.7. The molecule has 1 saturated heterocycles. The van der Waals surface area contributed by atoms with E-state index in [1.165, 1.54) is 23.0 Å². The first-order chi connectivity index (χ1) is 23.3. The predicted octanol–water partition coefficient (Wildman–Crippen LogP) is 5.48. The number of anilines is 2. The minimum Gasteiger partial charge on any atom is -0.464 e. The molecule has 50 heavy (non-hydrogen) atoms. The number of benzene rings is 1. The van der Waals surface area contributed by atoms with Gasteiger partial charge in [-0.3, -0.25) is 4.79 Å². The van der Waals surface area contributed by atoms with Gasteiger partial charge in [0, 0.05) is 29.4 Å². The predicted molar refractivity (Wildman–Crippen MR) is 183 cm³/mol. The number of ether oxygens (including phenoxy) is 2.